The Morgan fingerprint density at radius 2 is 1.73 bits per heavy atom. The van der Waals surface area contributed by atoms with Crippen LogP contribution in [0.4, 0.5) is 0 Å². The van der Waals surface area contributed by atoms with Gasteiger partial charge in [0.25, 0.3) is 0 Å². The van der Waals surface area contributed by atoms with E-state index in [0.717, 1.165) is 18.4 Å². The summed E-state index contributed by atoms with van der Waals surface area (Å²) in [4.78, 5) is 0.402. The van der Waals surface area contributed by atoms with Crippen molar-refractivity contribution in [1.29, 1.82) is 0 Å². The van der Waals surface area contributed by atoms with E-state index in [1.165, 1.54) is 0 Å². The molecule has 0 aromatic heterocycles. The summed E-state index contributed by atoms with van der Waals surface area (Å²) in [7, 11) is -5.36. The number of fused-ring (bicyclic) bond motifs is 1. The lowest BCUT2D eigenvalue weighted by Gasteiger charge is -2.40. The standard InChI is InChI=1S/C20H33NO3SSi/c1-15-7-9-19(10-8-15)25(22,23)21-13-17-11-16(17)12-18(21)14-24-26(5,6)20(2,3)4/h7-10,16-18H,11-14H2,1-6H3. The van der Waals surface area contributed by atoms with Crippen molar-refractivity contribution in [1.82, 2.24) is 4.31 Å². The van der Waals surface area contributed by atoms with Crippen LogP contribution in [0.3, 0.4) is 0 Å². The van der Waals surface area contributed by atoms with Crippen molar-refractivity contribution >= 4 is 18.3 Å². The van der Waals surface area contributed by atoms with E-state index in [1.807, 2.05) is 19.1 Å². The molecule has 146 valence electrons. The van der Waals surface area contributed by atoms with Crippen LogP contribution in [0.1, 0.15) is 39.2 Å². The summed E-state index contributed by atoms with van der Waals surface area (Å²) in [6.07, 6.45) is 2.10. The minimum atomic E-state index is -3.47. The molecule has 0 bridgehead atoms. The maximum Gasteiger partial charge on any atom is 0.243 e. The summed E-state index contributed by atoms with van der Waals surface area (Å²) in [6, 6.07) is 7.17. The molecule has 1 heterocycles. The molecule has 26 heavy (non-hydrogen) atoms. The fraction of sp³-hybridized carbons (Fsp3) is 0.700. The molecule has 1 aliphatic carbocycles. The Hall–Kier alpha value is -0.693. The highest BCUT2D eigenvalue weighted by atomic mass is 32.2. The summed E-state index contributed by atoms with van der Waals surface area (Å²) in [5.41, 5.74) is 1.07. The van der Waals surface area contributed by atoms with Crippen LogP contribution in [0.2, 0.25) is 18.1 Å². The fourth-order valence-corrected chi connectivity index (χ4v) is 6.20. The monoisotopic (exact) mass is 395 g/mol. The van der Waals surface area contributed by atoms with Crippen molar-refractivity contribution in [2.75, 3.05) is 13.2 Å². The molecule has 2 aliphatic rings. The highest BCUT2D eigenvalue weighted by Crippen LogP contribution is 2.48. The highest BCUT2D eigenvalue weighted by Gasteiger charge is 2.50. The summed E-state index contributed by atoms with van der Waals surface area (Å²) in [6.45, 7) is 14.3. The lowest BCUT2D eigenvalue weighted by Crippen LogP contribution is -2.50. The van der Waals surface area contributed by atoms with Gasteiger partial charge < -0.3 is 4.43 Å². The van der Waals surface area contributed by atoms with E-state index in [0.29, 0.717) is 29.9 Å². The fourth-order valence-electron chi connectivity index (χ4n) is 3.48. The van der Waals surface area contributed by atoms with Crippen LogP contribution < -0.4 is 0 Å². The Labute approximate surface area is 160 Å². The van der Waals surface area contributed by atoms with Gasteiger partial charge in [0.1, 0.15) is 0 Å². The average molecular weight is 396 g/mol. The summed E-state index contributed by atoms with van der Waals surface area (Å²) < 4.78 is 34.7. The van der Waals surface area contributed by atoms with E-state index in [1.54, 1.807) is 16.4 Å². The van der Waals surface area contributed by atoms with Gasteiger partial charge in [-0.3, -0.25) is 0 Å². The first-order valence-corrected chi connectivity index (χ1v) is 14.0. The van der Waals surface area contributed by atoms with Gasteiger partial charge in [-0.1, -0.05) is 38.5 Å². The molecular formula is C20H33NO3SSi. The number of rotatable bonds is 5. The third-order valence-corrected chi connectivity index (χ3v) is 13.0. The van der Waals surface area contributed by atoms with Gasteiger partial charge in [-0.05, 0) is 61.9 Å². The van der Waals surface area contributed by atoms with Gasteiger partial charge >= 0.3 is 0 Å². The number of piperidine rings is 1. The minimum absolute atomic E-state index is 0.0424. The molecule has 3 rings (SSSR count). The van der Waals surface area contributed by atoms with Crippen LogP contribution in [0.5, 0.6) is 0 Å². The largest absolute Gasteiger partial charge is 0.415 e. The van der Waals surface area contributed by atoms with Gasteiger partial charge in [-0.25, -0.2) is 8.42 Å². The number of hydrogen-bond donors (Lipinski definition) is 0. The first-order valence-electron chi connectivity index (χ1n) is 9.64. The molecule has 3 atom stereocenters. The number of benzene rings is 1. The molecule has 3 unspecified atom stereocenters. The van der Waals surface area contributed by atoms with Crippen molar-refractivity contribution < 1.29 is 12.8 Å². The van der Waals surface area contributed by atoms with E-state index in [2.05, 4.69) is 33.9 Å². The normalized spacial score (nSPS) is 27.2. The van der Waals surface area contributed by atoms with Crippen molar-refractivity contribution in [3.8, 4) is 0 Å². The van der Waals surface area contributed by atoms with E-state index in [4.69, 9.17) is 4.43 Å². The Morgan fingerprint density at radius 3 is 2.31 bits per heavy atom. The van der Waals surface area contributed by atoms with Crippen LogP contribution in [0.15, 0.2) is 29.2 Å². The molecule has 1 saturated carbocycles. The number of nitrogens with zero attached hydrogens (tertiary/aromatic N) is 1. The van der Waals surface area contributed by atoms with Crippen LogP contribution in [-0.4, -0.2) is 40.2 Å². The molecule has 1 aliphatic heterocycles. The zero-order valence-corrected chi connectivity index (χ0v) is 18.8. The summed E-state index contributed by atoms with van der Waals surface area (Å²) in [5, 5.41) is 0.129. The van der Waals surface area contributed by atoms with Crippen LogP contribution in [-0.2, 0) is 14.4 Å². The van der Waals surface area contributed by atoms with E-state index in [9.17, 15) is 8.42 Å². The van der Waals surface area contributed by atoms with Crippen LogP contribution >= 0.6 is 0 Å². The first-order chi connectivity index (χ1) is 11.9. The maximum absolute atomic E-state index is 13.3. The molecule has 2 fully saturated rings. The van der Waals surface area contributed by atoms with Gasteiger partial charge in [0.2, 0.25) is 10.0 Å². The van der Waals surface area contributed by atoms with E-state index < -0.39 is 18.3 Å². The maximum atomic E-state index is 13.3. The van der Waals surface area contributed by atoms with Crippen LogP contribution in [0, 0.1) is 18.8 Å². The molecule has 0 radical (unpaired) electrons. The smallest absolute Gasteiger partial charge is 0.243 e. The molecular weight excluding hydrogens is 362 g/mol. The predicted octanol–water partition coefficient (Wildman–Crippen LogP) is 4.42. The first kappa shape index (κ1) is 20.1. The van der Waals surface area contributed by atoms with Crippen molar-refractivity contribution in [3.63, 3.8) is 0 Å². The van der Waals surface area contributed by atoms with Gasteiger partial charge in [0.05, 0.1) is 11.5 Å². The molecule has 4 nitrogen and oxygen atoms in total. The quantitative estimate of drug-likeness (QED) is 0.694. The summed E-state index contributed by atoms with van der Waals surface area (Å²) in [5.74, 6) is 1.23. The number of aryl methyl sites for hydroxylation is 1. The van der Waals surface area contributed by atoms with Gasteiger partial charge in [-0.2, -0.15) is 4.31 Å². The summed E-state index contributed by atoms with van der Waals surface area (Å²) >= 11 is 0. The second kappa shape index (κ2) is 6.73. The van der Waals surface area contributed by atoms with Crippen molar-refractivity contribution in [3.05, 3.63) is 29.8 Å². The van der Waals surface area contributed by atoms with Crippen molar-refractivity contribution in [2.45, 2.75) is 69.6 Å². The molecule has 0 amide bonds. The zero-order valence-electron chi connectivity index (χ0n) is 17.0. The second-order valence-corrected chi connectivity index (χ2v) is 16.3. The topological polar surface area (TPSA) is 46.6 Å². The molecule has 0 N–H and O–H groups in total. The molecule has 1 saturated heterocycles. The number of hydrogen-bond acceptors (Lipinski definition) is 3. The number of sulfonamides is 1. The van der Waals surface area contributed by atoms with Gasteiger partial charge in [-0.15, -0.1) is 0 Å². The van der Waals surface area contributed by atoms with Gasteiger partial charge in [0, 0.05) is 12.6 Å². The average Bonchev–Trinajstić information content (AvgIpc) is 3.29. The Morgan fingerprint density at radius 1 is 1.12 bits per heavy atom. The predicted molar refractivity (Wildman–Crippen MR) is 108 cm³/mol. The lowest BCUT2D eigenvalue weighted by molar-refractivity contribution is 0.154. The SMILES string of the molecule is Cc1ccc(S(=O)(=O)N2CC3CC3CC2CO[Si](C)(C)C(C)(C)C)cc1. The molecule has 0 spiro atoms. The Bertz CT molecular complexity index is 752. The van der Waals surface area contributed by atoms with E-state index >= 15 is 0 Å². The van der Waals surface area contributed by atoms with E-state index in [-0.39, 0.29) is 11.1 Å². The Balaban J connectivity index is 1.80. The minimum Gasteiger partial charge on any atom is -0.415 e. The molecule has 1 aromatic carbocycles. The van der Waals surface area contributed by atoms with Gasteiger partial charge in [0.15, 0.2) is 8.32 Å². The van der Waals surface area contributed by atoms with Crippen molar-refractivity contribution in [2.24, 2.45) is 11.8 Å². The Kier molecular flexibility index (Phi) is 5.19. The zero-order chi connectivity index (χ0) is 19.3. The lowest BCUT2D eigenvalue weighted by atomic mass is 10.1. The third kappa shape index (κ3) is 3.93. The highest BCUT2D eigenvalue weighted by molar-refractivity contribution is 7.89. The third-order valence-electron chi connectivity index (χ3n) is 6.54. The molecule has 1 aromatic rings. The second-order valence-electron chi connectivity index (χ2n) is 9.60. The van der Waals surface area contributed by atoms with Crippen LogP contribution in [0.25, 0.3) is 0 Å². The molecule has 6 heteroatoms.